The molecule has 0 aliphatic rings. The van der Waals surface area contributed by atoms with Crippen molar-refractivity contribution in [3.05, 3.63) is 23.7 Å². The highest BCUT2D eigenvalue weighted by atomic mass is 16.4. The second-order valence-electron chi connectivity index (χ2n) is 5.28. The van der Waals surface area contributed by atoms with E-state index in [2.05, 4.69) is 35.7 Å². The summed E-state index contributed by atoms with van der Waals surface area (Å²) >= 11 is 0. The number of hydrogen-bond acceptors (Lipinski definition) is 3. The topological polar surface area (TPSA) is 78.9 Å². The van der Waals surface area contributed by atoms with E-state index in [0.29, 0.717) is 11.2 Å². The molecule has 0 fully saturated rings. The largest absolute Gasteiger partial charge is 0.478 e. The molecule has 0 aromatic carbocycles. The zero-order valence-corrected chi connectivity index (χ0v) is 10.1. The molecule has 2 aromatic rings. The fourth-order valence-corrected chi connectivity index (χ4v) is 1.72. The molecule has 0 atom stereocenters. The van der Waals surface area contributed by atoms with E-state index in [0.717, 1.165) is 12.2 Å². The van der Waals surface area contributed by atoms with Crippen LogP contribution in [0.2, 0.25) is 0 Å². The molecule has 2 N–H and O–H groups in total. The van der Waals surface area contributed by atoms with Gasteiger partial charge >= 0.3 is 5.97 Å². The van der Waals surface area contributed by atoms with Gasteiger partial charge in [0.05, 0.1) is 11.1 Å². The second-order valence-corrected chi connectivity index (χ2v) is 5.28. The summed E-state index contributed by atoms with van der Waals surface area (Å²) < 4.78 is 0. The van der Waals surface area contributed by atoms with E-state index < -0.39 is 5.97 Å². The summed E-state index contributed by atoms with van der Waals surface area (Å²) in [5.41, 5.74) is 1.27. The van der Waals surface area contributed by atoms with Crippen molar-refractivity contribution < 1.29 is 9.90 Å². The van der Waals surface area contributed by atoms with Crippen molar-refractivity contribution in [2.24, 2.45) is 5.41 Å². The maximum absolute atomic E-state index is 11.0. The van der Waals surface area contributed by atoms with E-state index in [4.69, 9.17) is 5.11 Å². The first-order chi connectivity index (χ1) is 7.87. The summed E-state index contributed by atoms with van der Waals surface area (Å²) in [5.74, 6) is -0.197. The van der Waals surface area contributed by atoms with Crippen LogP contribution in [0.3, 0.4) is 0 Å². The van der Waals surface area contributed by atoms with Crippen molar-refractivity contribution in [1.82, 2.24) is 15.0 Å². The minimum atomic E-state index is -0.969. The number of nitrogens with one attached hydrogen (secondary N) is 1. The number of aromatic nitrogens is 3. The van der Waals surface area contributed by atoms with Crippen molar-refractivity contribution in [1.29, 1.82) is 0 Å². The zero-order valence-electron chi connectivity index (χ0n) is 10.1. The van der Waals surface area contributed by atoms with E-state index in [1.807, 2.05) is 0 Å². The Labute approximate surface area is 98.9 Å². The van der Waals surface area contributed by atoms with Gasteiger partial charge in [0.25, 0.3) is 0 Å². The molecule has 0 amide bonds. The van der Waals surface area contributed by atoms with Crippen LogP contribution in [0.1, 0.15) is 37.0 Å². The first kappa shape index (κ1) is 11.6. The molecule has 2 heterocycles. The van der Waals surface area contributed by atoms with Crippen molar-refractivity contribution in [3.8, 4) is 0 Å². The number of hydrogen-bond donors (Lipinski definition) is 2. The zero-order chi connectivity index (χ0) is 12.6. The summed E-state index contributed by atoms with van der Waals surface area (Å²) in [6, 6.07) is 1.48. The lowest BCUT2D eigenvalue weighted by molar-refractivity contribution is 0.0698. The number of carboxylic acid groups (broad SMARTS) is 1. The van der Waals surface area contributed by atoms with Gasteiger partial charge in [-0.1, -0.05) is 20.8 Å². The number of nitrogens with zero attached hydrogens (tertiary/aromatic N) is 2. The summed E-state index contributed by atoms with van der Waals surface area (Å²) in [7, 11) is 0. The van der Waals surface area contributed by atoms with E-state index in [9.17, 15) is 4.79 Å². The molecule has 5 heteroatoms. The molecule has 0 spiro atoms. The first-order valence-electron chi connectivity index (χ1n) is 5.44. The molecule has 90 valence electrons. The molecular formula is C12H15N3O2. The fraction of sp³-hybridized carbons (Fsp3) is 0.417. The van der Waals surface area contributed by atoms with Gasteiger partial charge in [0, 0.05) is 12.6 Å². The van der Waals surface area contributed by atoms with Crippen LogP contribution in [0.15, 0.2) is 12.3 Å². The van der Waals surface area contributed by atoms with E-state index >= 15 is 0 Å². The number of rotatable bonds is 2. The average Bonchev–Trinajstić information content (AvgIpc) is 2.55. The Morgan fingerprint density at radius 1 is 1.47 bits per heavy atom. The standard InChI is InChI=1S/C12H15N3O2/c1-12(2,3)6-8-14-9-7(11(16)17)4-5-13-10(9)15-8/h4-5H,6H2,1-3H3,(H,16,17)(H,13,14,15). The number of carboxylic acids is 1. The highest BCUT2D eigenvalue weighted by Crippen LogP contribution is 2.21. The second kappa shape index (κ2) is 3.84. The fourth-order valence-electron chi connectivity index (χ4n) is 1.72. The van der Waals surface area contributed by atoms with Crippen molar-refractivity contribution in [3.63, 3.8) is 0 Å². The molecule has 2 rings (SSSR count). The maximum atomic E-state index is 11.0. The Kier molecular flexibility index (Phi) is 2.61. The van der Waals surface area contributed by atoms with Crippen LogP contribution in [-0.2, 0) is 6.42 Å². The van der Waals surface area contributed by atoms with Gasteiger partial charge in [-0.05, 0) is 11.5 Å². The first-order valence-corrected chi connectivity index (χ1v) is 5.44. The Balaban J connectivity index is 2.50. The molecule has 0 bridgehead atoms. The van der Waals surface area contributed by atoms with Gasteiger partial charge in [-0.15, -0.1) is 0 Å². The van der Waals surface area contributed by atoms with Gasteiger partial charge in [0.15, 0.2) is 5.65 Å². The summed E-state index contributed by atoms with van der Waals surface area (Å²) in [5, 5.41) is 9.05. The summed E-state index contributed by atoms with van der Waals surface area (Å²) in [4.78, 5) is 22.5. The molecule has 0 radical (unpaired) electrons. The van der Waals surface area contributed by atoms with Crippen LogP contribution < -0.4 is 0 Å². The van der Waals surface area contributed by atoms with Crippen LogP contribution in [0.5, 0.6) is 0 Å². The third-order valence-electron chi connectivity index (χ3n) is 2.37. The van der Waals surface area contributed by atoms with E-state index in [-0.39, 0.29) is 11.0 Å². The smallest absolute Gasteiger partial charge is 0.338 e. The average molecular weight is 233 g/mol. The molecule has 0 saturated heterocycles. The molecule has 17 heavy (non-hydrogen) atoms. The monoisotopic (exact) mass is 233 g/mol. The Bertz CT molecular complexity index is 567. The SMILES string of the molecule is CC(C)(C)Cc1nc2nccc(C(=O)O)c2[nH]1. The minimum absolute atomic E-state index is 0.0945. The number of H-pyrrole nitrogens is 1. The van der Waals surface area contributed by atoms with Crippen molar-refractivity contribution in [2.75, 3.05) is 0 Å². The van der Waals surface area contributed by atoms with Gasteiger partial charge < -0.3 is 10.1 Å². The lowest BCUT2D eigenvalue weighted by Gasteiger charge is -2.15. The summed E-state index contributed by atoms with van der Waals surface area (Å²) in [6.45, 7) is 6.31. The molecule has 0 aliphatic heterocycles. The van der Waals surface area contributed by atoms with Crippen LogP contribution >= 0.6 is 0 Å². The van der Waals surface area contributed by atoms with E-state index in [1.165, 1.54) is 12.3 Å². The van der Waals surface area contributed by atoms with Gasteiger partial charge in [-0.25, -0.2) is 14.8 Å². The lowest BCUT2D eigenvalue weighted by Crippen LogP contribution is -2.10. The third-order valence-corrected chi connectivity index (χ3v) is 2.37. The number of aromatic amines is 1. The number of imidazole rings is 1. The minimum Gasteiger partial charge on any atom is -0.478 e. The molecule has 0 unspecified atom stereocenters. The van der Waals surface area contributed by atoms with Gasteiger partial charge in [-0.3, -0.25) is 0 Å². The quantitative estimate of drug-likeness (QED) is 0.833. The molecule has 0 saturated carbocycles. The number of aromatic carboxylic acids is 1. The summed E-state index contributed by atoms with van der Waals surface area (Å²) in [6.07, 6.45) is 2.22. The highest BCUT2D eigenvalue weighted by molar-refractivity contribution is 5.99. The molecule has 0 aliphatic carbocycles. The molecular weight excluding hydrogens is 218 g/mol. The molecule has 2 aromatic heterocycles. The van der Waals surface area contributed by atoms with Crippen LogP contribution in [0.25, 0.3) is 11.2 Å². The van der Waals surface area contributed by atoms with Gasteiger partial charge in [-0.2, -0.15) is 0 Å². The maximum Gasteiger partial charge on any atom is 0.338 e. The van der Waals surface area contributed by atoms with Gasteiger partial charge in [0.1, 0.15) is 5.82 Å². The Morgan fingerprint density at radius 3 is 2.76 bits per heavy atom. The number of carbonyl (C=O) groups is 1. The highest BCUT2D eigenvalue weighted by Gasteiger charge is 2.17. The normalized spacial score (nSPS) is 11.9. The van der Waals surface area contributed by atoms with Crippen LogP contribution in [0, 0.1) is 5.41 Å². The number of pyridine rings is 1. The predicted molar refractivity (Wildman–Crippen MR) is 64.0 cm³/mol. The Morgan fingerprint density at radius 2 is 2.18 bits per heavy atom. The lowest BCUT2D eigenvalue weighted by atomic mass is 9.92. The Hall–Kier alpha value is -1.91. The van der Waals surface area contributed by atoms with Crippen molar-refractivity contribution >= 4 is 17.1 Å². The van der Waals surface area contributed by atoms with Crippen LogP contribution in [0.4, 0.5) is 0 Å². The van der Waals surface area contributed by atoms with E-state index in [1.54, 1.807) is 0 Å². The predicted octanol–water partition coefficient (Wildman–Crippen LogP) is 2.24. The van der Waals surface area contributed by atoms with Crippen molar-refractivity contribution in [2.45, 2.75) is 27.2 Å². The molecule has 5 nitrogen and oxygen atoms in total. The van der Waals surface area contributed by atoms with Gasteiger partial charge in [0.2, 0.25) is 0 Å². The third kappa shape index (κ3) is 2.43. The number of fused-ring (bicyclic) bond motifs is 1. The van der Waals surface area contributed by atoms with Crippen LogP contribution in [-0.4, -0.2) is 26.0 Å².